The van der Waals surface area contributed by atoms with E-state index in [1.807, 2.05) is 65.8 Å². The SMILES string of the molecule is CCC(=O)N(S)C1CC(=O)N(c2c(C)cc(Cc3cc(C)c(N4C(=O)C=CC4=O)c(C(C)C)c3)cc2C(C)C)C1=O. The average Bonchev–Trinajstić information content (AvgIpc) is 3.39. The molecule has 0 radical (unpaired) electrons. The van der Waals surface area contributed by atoms with Gasteiger partial charge in [-0.15, -0.1) is 0 Å². The van der Waals surface area contributed by atoms with Crippen LogP contribution in [0.5, 0.6) is 0 Å². The normalized spacial score (nSPS) is 17.2. The Morgan fingerprint density at radius 3 is 1.76 bits per heavy atom. The zero-order chi connectivity index (χ0) is 30.3. The van der Waals surface area contributed by atoms with Crippen molar-refractivity contribution in [3.8, 4) is 0 Å². The number of amides is 5. The number of thiol groups is 1. The highest BCUT2D eigenvalue weighted by molar-refractivity contribution is 7.78. The van der Waals surface area contributed by atoms with Crippen LogP contribution in [0.15, 0.2) is 36.4 Å². The summed E-state index contributed by atoms with van der Waals surface area (Å²) in [5.41, 5.74) is 6.66. The van der Waals surface area contributed by atoms with Crippen LogP contribution >= 0.6 is 12.8 Å². The van der Waals surface area contributed by atoms with E-state index in [0.717, 1.165) is 37.7 Å². The monoisotopic (exact) mass is 575 g/mol. The van der Waals surface area contributed by atoms with E-state index in [0.29, 0.717) is 17.8 Å². The predicted octanol–water partition coefficient (Wildman–Crippen LogP) is 5.29. The molecule has 2 aromatic carbocycles. The quantitative estimate of drug-likeness (QED) is 0.341. The van der Waals surface area contributed by atoms with E-state index in [4.69, 9.17) is 0 Å². The first-order chi connectivity index (χ1) is 19.3. The van der Waals surface area contributed by atoms with E-state index in [9.17, 15) is 24.0 Å². The second-order valence-corrected chi connectivity index (χ2v) is 11.8. The van der Waals surface area contributed by atoms with Crippen molar-refractivity contribution in [3.63, 3.8) is 0 Å². The summed E-state index contributed by atoms with van der Waals surface area (Å²) >= 11 is 4.23. The van der Waals surface area contributed by atoms with Crippen LogP contribution in [0.3, 0.4) is 0 Å². The lowest BCUT2D eigenvalue weighted by Gasteiger charge is -2.26. The first-order valence-corrected chi connectivity index (χ1v) is 14.4. The van der Waals surface area contributed by atoms with Crippen molar-refractivity contribution >= 4 is 53.7 Å². The van der Waals surface area contributed by atoms with E-state index in [-0.39, 0.29) is 48.3 Å². The van der Waals surface area contributed by atoms with Gasteiger partial charge in [0, 0.05) is 18.6 Å². The van der Waals surface area contributed by atoms with Crippen molar-refractivity contribution < 1.29 is 24.0 Å². The first-order valence-electron chi connectivity index (χ1n) is 14.0. The number of carbonyl (C=O) groups excluding carboxylic acids is 5. The van der Waals surface area contributed by atoms with Crippen LogP contribution in [0.25, 0.3) is 0 Å². The molecule has 2 heterocycles. The molecule has 41 heavy (non-hydrogen) atoms. The number of nitrogens with zero attached hydrogens (tertiary/aromatic N) is 3. The van der Waals surface area contributed by atoms with Gasteiger partial charge < -0.3 is 0 Å². The molecule has 2 aliphatic rings. The van der Waals surface area contributed by atoms with E-state index in [1.54, 1.807) is 6.92 Å². The van der Waals surface area contributed by atoms with Gasteiger partial charge in [-0.05, 0) is 65.5 Å². The van der Waals surface area contributed by atoms with E-state index >= 15 is 0 Å². The number of anilines is 2. The van der Waals surface area contributed by atoms with Crippen molar-refractivity contribution in [2.24, 2.45) is 0 Å². The summed E-state index contributed by atoms with van der Waals surface area (Å²) in [6.07, 6.45) is 3.26. The van der Waals surface area contributed by atoms with Gasteiger partial charge in [0.15, 0.2) is 0 Å². The highest BCUT2D eigenvalue weighted by Gasteiger charge is 2.44. The Bertz CT molecular complexity index is 1470. The van der Waals surface area contributed by atoms with Crippen molar-refractivity contribution in [1.29, 1.82) is 0 Å². The van der Waals surface area contributed by atoms with Crippen molar-refractivity contribution in [3.05, 3.63) is 69.8 Å². The van der Waals surface area contributed by atoms with Crippen LogP contribution in [0, 0.1) is 13.8 Å². The topological polar surface area (TPSA) is 95.1 Å². The maximum Gasteiger partial charge on any atom is 0.258 e. The number of hydrogen-bond acceptors (Lipinski definition) is 6. The standard InChI is InChI=1S/C32H37N3O5S/c1-8-26(36)35(41)25-16-29(39)34(32(25)40)31-20(7)12-22(15-24(31)18(4)5)13-21-11-19(6)30(23(14-21)17(2)3)33-27(37)9-10-28(33)38/h9-12,14-15,17-18,25,41H,8,13,16H2,1-7H3. The summed E-state index contributed by atoms with van der Waals surface area (Å²) in [4.78, 5) is 66.1. The molecule has 4 rings (SSSR count). The van der Waals surface area contributed by atoms with E-state index < -0.39 is 11.9 Å². The second-order valence-electron chi connectivity index (χ2n) is 11.4. The van der Waals surface area contributed by atoms with E-state index in [1.165, 1.54) is 22.0 Å². The lowest BCUT2D eigenvalue weighted by Crippen LogP contribution is -2.40. The van der Waals surface area contributed by atoms with Crippen molar-refractivity contribution in [1.82, 2.24) is 4.31 Å². The van der Waals surface area contributed by atoms with Crippen LogP contribution in [-0.2, 0) is 30.4 Å². The number of benzene rings is 2. The number of carbonyl (C=O) groups is 5. The molecule has 2 aliphatic heterocycles. The molecule has 1 fully saturated rings. The van der Waals surface area contributed by atoms with Crippen LogP contribution in [0.2, 0.25) is 0 Å². The summed E-state index contributed by atoms with van der Waals surface area (Å²) in [5.74, 6) is -1.70. The lowest BCUT2D eigenvalue weighted by molar-refractivity contribution is -0.131. The summed E-state index contributed by atoms with van der Waals surface area (Å²) in [5, 5.41) is 0. The minimum atomic E-state index is -0.933. The van der Waals surface area contributed by atoms with Gasteiger partial charge in [-0.3, -0.25) is 28.3 Å². The molecule has 0 saturated carbocycles. The zero-order valence-electron chi connectivity index (χ0n) is 24.6. The predicted molar refractivity (Wildman–Crippen MR) is 162 cm³/mol. The molecule has 1 saturated heterocycles. The van der Waals surface area contributed by atoms with E-state index in [2.05, 4.69) is 12.8 Å². The minimum absolute atomic E-state index is 0.0164. The van der Waals surface area contributed by atoms with Crippen LogP contribution in [-0.4, -0.2) is 39.9 Å². The summed E-state index contributed by atoms with van der Waals surface area (Å²) < 4.78 is 1.08. The largest absolute Gasteiger partial charge is 0.276 e. The molecule has 1 unspecified atom stereocenters. The van der Waals surface area contributed by atoms with Gasteiger partial charge in [0.1, 0.15) is 6.04 Å². The maximum absolute atomic E-state index is 13.4. The maximum atomic E-state index is 13.4. The third kappa shape index (κ3) is 5.60. The van der Waals surface area contributed by atoms with Gasteiger partial charge >= 0.3 is 0 Å². The highest BCUT2D eigenvalue weighted by Crippen LogP contribution is 2.38. The molecule has 1 atom stereocenters. The Morgan fingerprint density at radius 1 is 0.854 bits per heavy atom. The number of rotatable bonds is 8. The molecule has 8 nitrogen and oxygen atoms in total. The van der Waals surface area contributed by atoms with Crippen molar-refractivity contribution in [2.75, 3.05) is 9.80 Å². The fraction of sp³-hybridized carbons (Fsp3) is 0.406. The number of hydrogen-bond donors (Lipinski definition) is 1. The van der Waals surface area contributed by atoms with Crippen molar-refractivity contribution in [2.45, 2.75) is 85.6 Å². The molecular formula is C32H37N3O5S. The highest BCUT2D eigenvalue weighted by atomic mass is 32.1. The fourth-order valence-corrected chi connectivity index (χ4v) is 6.02. The minimum Gasteiger partial charge on any atom is -0.276 e. The summed E-state index contributed by atoms with van der Waals surface area (Å²) in [7, 11) is 0. The average molecular weight is 576 g/mol. The Morgan fingerprint density at radius 2 is 1.32 bits per heavy atom. The van der Waals surface area contributed by atoms with Crippen LogP contribution < -0.4 is 9.80 Å². The number of aryl methyl sites for hydroxylation is 2. The van der Waals surface area contributed by atoms with Gasteiger partial charge in [0.25, 0.3) is 17.7 Å². The molecule has 9 heteroatoms. The summed E-state index contributed by atoms with van der Waals surface area (Å²) in [6, 6.07) is 7.14. The first kappa shape index (κ1) is 30.2. The van der Waals surface area contributed by atoms with Gasteiger partial charge in [0.05, 0.1) is 17.8 Å². The molecule has 0 aliphatic carbocycles. The Labute approximate surface area is 246 Å². The molecule has 0 aromatic heterocycles. The third-order valence-electron chi connectivity index (χ3n) is 7.66. The third-order valence-corrected chi connectivity index (χ3v) is 8.17. The molecule has 5 amide bonds. The van der Waals surface area contributed by atoms with Crippen LogP contribution in [0.1, 0.15) is 92.7 Å². The second kappa shape index (κ2) is 11.6. The molecule has 0 spiro atoms. The fourth-order valence-electron chi connectivity index (χ4n) is 5.70. The number of imide groups is 2. The van der Waals surface area contributed by atoms with Gasteiger partial charge in [-0.1, -0.05) is 71.7 Å². The lowest BCUT2D eigenvalue weighted by atomic mass is 9.89. The van der Waals surface area contributed by atoms with Gasteiger partial charge in [-0.2, -0.15) is 0 Å². The Hall–Kier alpha value is -3.72. The zero-order valence-corrected chi connectivity index (χ0v) is 25.5. The van der Waals surface area contributed by atoms with Gasteiger partial charge in [0.2, 0.25) is 11.8 Å². The Balaban J connectivity index is 1.72. The van der Waals surface area contributed by atoms with Gasteiger partial charge in [-0.25, -0.2) is 9.80 Å². The molecule has 0 N–H and O–H groups in total. The molecule has 2 aromatic rings. The molecule has 216 valence electrons. The molecular weight excluding hydrogens is 538 g/mol. The summed E-state index contributed by atoms with van der Waals surface area (Å²) in [6.45, 7) is 13.6. The Kier molecular flexibility index (Phi) is 8.59. The van der Waals surface area contributed by atoms with Crippen LogP contribution in [0.4, 0.5) is 11.4 Å². The molecule has 0 bridgehead atoms. The smallest absolute Gasteiger partial charge is 0.258 e.